The summed E-state index contributed by atoms with van der Waals surface area (Å²) in [4.78, 5) is 10.4. The van der Waals surface area contributed by atoms with Gasteiger partial charge >= 0.3 is 5.97 Å². The normalized spacial score (nSPS) is 9.62. The van der Waals surface area contributed by atoms with Crippen LogP contribution >= 0.6 is 0 Å². The van der Waals surface area contributed by atoms with Gasteiger partial charge in [-0.3, -0.25) is 4.79 Å². The van der Waals surface area contributed by atoms with Gasteiger partial charge in [0.05, 0.1) is 12.6 Å². The standard InChI is InChI=1S/C10H12O2.C3H7F/c1-7-3-4-9(5-8(7)2)6-10(11)12;1-3(2)4/h3-5H,6H2,1-2H3,(H,11,12);3H,1-2H3. The maximum absolute atomic E-state index is 11.0. The average molecular weight is 226 g/mol. The number of aliphatic carboxylic acids is 1. The predicted octanol–water partition coefficient (Wildman–Crippen LogP) is 3.29. The zero-order chi connectivity index (χ0) is 12.7. The van der Waals surface area contributed by atoms with E-state index < -0.39 is 12.1 Å². The number of carboxylic acids is 1. The molecule has 1 aromatic carbocycles. The Morgan fingerprint density at radius 2 is 1.81 bits per heavy atom. The van der Waals surface area contributed by atoms with Gasteiger partial charge in [0.15, 0.2) is 0 Å². The lowest BCUT2D eigenvalue weighted by Gasteiger charge is -2.01. The first-order chi connectivity index (χ1) is 7.32. The van der Waals surface area contributed by atoms with E-state index in [0.717, 1.165) is 11.1 Å². The van der Waals surface area contributed by atoms with Crippen molar-refractivity contribution < 1.29 is 14.3 Å². The van der Waals surface area contributed by atoms with Crippen molar-refractivity contribution in [2.75, 3.05) is 0 Å². The molecule has 0 heterocycles. The van der Waals surface area contributed by atoms with Crippen LogP contribution in [0.2, 0.25) is 0 Å². The Kier molecular flexibility index (Phi) is 6.38. The van der Waals surface area contributed by atoms with Crippen molar-refractivity contribution in [2.24, 2.45) is 0 Å². The largest absolute Gasteiger partial charge is 0.481 e. The molecule has 1 N–H and O–H groups in total. The van der Waals surface area contributed by atoms with Crippen LogP contribution in [0.4, 0.5) is 4.39 Å². The minimum absolute atomic E-state index is 0.112. The van der Waals surface area contributed by atoms with E-state index in [1.807, 2.05) is 32.0 Å². The minimum atomic E-state index is -0.779. The molecular formula is C13H19FO2. The second-order valence-corrected chi connectivity index (χ2v) is 4.00. The summed E-state index contributed by atoms with van der Waals surface area (Å²) < 4.78 is 11.0. The number of alkyl halides is 1. The molecule has 1 aromatic rings. The first-order valence-corrected chi connectivity index (χ1v) is 5.25. The summed E-state index contributed by atoms with van der Waals surface area (Å²) in [5, 5.41) is 8.53. The molecule has 0 unspecified atom stereocenters. The number of carbonyl (C=O) groups is 1. The van der Waals surface area contributed by atoms with Crippen LogP contribution in [0.3, 0.4) is 0 Å². The van der Waals surface area contributed by atoms with Crippen molar-refractivity contribution in [2.45, 2.75) is 40.3 Å². The quantitative estimate of drug-likeness (QED) is 0.840. The highest BCUT2D eigenvalue weighted by Gasteiger charge is 2.00. The molecule has 0 atom stereocenters. The lowest BCUT2D eigenvalue weighted by Crippen LogP contribution is -2.00. The van der Waals surface area contributed by atoms with Gasteiger partial charge in [-0.2, -0.15) is 0 Å². The number of rotatable bonds is 2. The molecule has 0 aliphatic rings. The Hall–Kier alpha value is -1.38. The molecular weight excluding hydrogens is 207 g/mol. The van der Waals surface area contributed by atoms with Crippen molar-refractivity contribution in [3.05, 3.63) is 34.9 Å². The van der Waals surface area contributed by atoms with Crippen LogP contribution in [0.25, 0.3) is 0 Å². The topological polar surface area (TPSA) is 37.3 Å². The van der Waals surface area contributed by atoms with E-state index in [-0.39, 0.29) is 6.42 Å². The Labute approximate surface area is 96.1 Å². The molecule has 0 saturated carbocycles. The number of aryl methyl sites for hydroxylation is 2. The smallest absolute Gasteiger partial charge is 0.307 e. The summed E-state index contributed by atoms with van der Waals surface area (Å²) >= 11 is 0. The minimum Gasteiger partial charge on any atom is -0.481 e. The third-order valence-corrected chi connectivity index (χ3v) is 1.93. The van der Waals surface area contributed by atoms with E-state index in [4.69, 9.17) is 5.11 Å². The van der Waals surface area contributed by atoms with Gasteiger partial charge in [0.2, 0.25) is 0 Å². The van der Waals surface area contributed by atoms with Gasteiger partial charge in [0.1, 0.15) is 0 Å². The number of hydrogen-bond donors (Lipinski definition) is 1. The maximum Gasteiger partial charge on any atom is 0.307 e. The average Bonchev–Trinajstić information content (AvgIpc) is 2.09. The zero-order valence-corrected chi connectivity index (χ0v) is 10.2. The van der Waals surface area contributed by atoms with E-state index in [9.17, 15) is 9.18 Å². The fourth-order valence-corrected chi connectivity index (χ4v) is 1.09. The van der Waals surface area contributed by atoms with Crippen LogP contribution in [-0.2, 0) is 11.2 Å². The molecule has 0 amide bonds. The molecule has 0 aromatic heterocycles. The van der Waals surface area contributed by atoms with Gasteiger partial charge in [0, 0.05) is 0 Å². The number of benzene rings is 1. The molecule has 0 fully saturated rings. The van der Waals surface area contributed by atoms with Crippen LogP contribution < -0.4 is 0 Å². The number of halogens is 1. The second kappa shape index (κ2) is 6.99. The Morgan fingerprint density at radius 1 is 1.31 bits per heavy atom. The predicted molar refractivity (Wildman–Crippen MR) is 63.5 cm³/mol. The molecule has 2 nitrogen and oxygen atoms in total. The van der Waals surface area contributed by atoms with Crippen molar-refractivity contribution in [1.82, 2.24) is 0 Å². The van der Waals surface area contributed by atoms with E-state index >= 15 is 0 Å². The molecule has 16 heavy (non-hydrogen) atoms. The van der Waals surface area contributed by atoms with E-state index in [1.54, 1.807) is 0 Å². The van der Waals surface area contributed by atoms with Crippen LogP contribution in [-0.4, -0.2) is 17.2 Å². The first kappa shape index (κ1) is 14.6. The molecule has 0 aliphatic carbocycles. The van der Waals surface area contributed by atoms with Crippen LogP contribution in [0.15, 0.2) is 18.2 Å². The molecule has 0 radical (unpaired) electrons. The second-order valence-electron chi connectivity index (χ2n) is 4.00. The molecule has 90 valence electrons. The van der Waals surface area contributed by atoms with Gasteiger partial charge in [-0.1, -0.05) is 18.2 Å². The monoisotopic (exact) mass is 226 g/mol. The summed E-state index contributed by atoms with van der Waals surface area (Å²) in [5.74, 6) is -0.779. The zero-order valence-electron chi connectivity index (χ0n) is 10.2. The fourth-order valence-electron chi connectivity index (χ4n) is 1.09. The van der Waals surface area contributed by atoms with Crippen LogP contribution in [0.5, 0.6) is 0 Å². The van der Waals surface area contributed by atoms with Crippen LogP contribution in [0.1, 0.15) is 30.5 Å². The third-order valence-electron chi connectivity index (χ3n) is 1.93. The summed E-state index contributed by atoms with van der Waals surface area (Å²) in [6, 6.07) is 5.73. The van der Waals surface area contributed by atoms with E-state index in [0.29, 0.717) is 0 Å². The summed E-state index contributed by atoms with van der Waals surface area (Å²) in [6.45, 7) is 7.00. The first-order valence-electron chi connectivity index (χ1n) is 5.25. The molecule has 1 rings (SSSR count). The highest BCUT2D eigenvalue weighted by atomic mass is 19.1. The summed E-state index contributed by atoms with van der Waals surface area (Å²) in [6.07, 6.45) is -0.554. The molecule has 0 aliphatic heterocycles. The molecule has 0 saturated heterocycles. The molecule has 0 spiro atoms. The summed E-state index contributed by atoms with van der Waals surface area (Å²) in [7, 11) is 0. The van der Waals surface area contributed by atoms with E-state index in [2.05, 4.69) is 0 Å². The maximum atomic E-state index is 11.0. The van der Waals surface area contributed by atoms with Gasteiger partial charge in [-0.15, -0.1) is 0 Å². The number of carboxylic acid groups (broad SMARTS) is 1. The summed E-state index contributed by atoms with van der Waals surface area (Å²) in [5.41, 5.74) is 3.21. The van der Waals surface area contributed by atoms with Gasteiger partial charge in [0.25, 0.3) is 0 Å². The highest BCUT2D eigenvalue weighted by molar-refractivity contribution is 5.70. The fraction of sp³-hybridized carbons (Fsp3) is 0.462. The van der Waals surface area contributed by atoms with Crippen molar-refractivity contribution in [1.29, 1.82) is 0 Å². The van der Waals surface area contributed by atoms with E-state index in [1.165, 1.54) is 19.4 Å². The van der Waals surface area contributed by atoms with Crippen LogP contribution in [0, 0.1) is 13.8 Å². The highest BCUT2D eigenvalue weighted by Crippen LogP contribution is 2.09. The Bertz CT molecular complexity index is 343. The Morgan fingerprint density at radius 3 is 2.19 bits per heavy atom. The van der Waals surface area contributed by atoms with Crippen molar-refractivity contribution >= 4 is 5.97 Å². The van der Waals surface area contributed by atoms with Crippen molar-refractivity contribution in [3.8, 4) is 0 Å². The lowest BCUT2D eigenvalue weighted by atomic mass is 10.0. The van der Waals surface area contributed by atoms with Gasteiger partial charge in [-0.25, -0.2) is 4.39 Å². The SMILES string of the molecule is CC(C)F.Cc1ccc(CC(=O)O)cc1C. The van der Waals surface area contributed by atoms with Crippen molar-refractivity contribution in [3.63, 3.8) is 0 Å². The number of hydrogen-bond acceptors (Lipinski definition) is 1. The third kappa shape index (κ3) is 6.98. The Balaban J connectivity index is 0.000000487. The van der Waals surface area contributed by atoms with Gasteiger partial charge in [-0.05, 0) is 44.4 Å². The molecule has 0 bridgehead atoms. The van der Waals surface area contributed by atoms with Gasteiger partial charge < -0.3 is 5.11 Å². The lowest BCUT2D eigenvalue weighted by molar-refractivity contribution is -0.136. The molecule has 3 heteroatoms.